The predicted octanol–water partition coefficient (Wildman–Crippen LogP) is 8.19. The van der Waals surface area contributed by atoms with Crippen LogP contribution in [0.15, 0.2) is 115 Å². The molecule has 0 saturated carbocycles. The second-order valence-corrected chi connectivity index (χ2v) is 12.0. The minimum Gasteiger partial charge on any atom is -0.508 e. The highest BCUT2D eigenvalue weighted by Gasteiger charge is 2.24. The summed E-state index contributed by atoms with van der Waals surface area (Å²) in [6.07, 6.45) is 1.69. The molecule has 0 bridgehead atoms. The van der Waals surface area contributed by atoms with Crippen LogP contribution >= 0.6 is 0 Å². The molecule has 1 aliphatic heterocycles. The van der Waals surface area contributed by atoms with Crippen LogP contribution in [0.25, 0.3) is 11.1 Å². The fourth-order valence-corrected chi connectivity index (χ4v) is 5.53. The van der Waals surface area contributed by atoms with Crippen LogP contribution in [-0.4, -0.2) is 41.0 Å². The molecular formula is C40H38N2O5. The third-order valence-electron chi connectivity index (χ3n) is 8.46. The number of benzene rings is 5. The molecule has 0 aliphatic carbocycles. The summed E-state index contributed by atoms with van der Waals surface area (Å²) in [5.74, 6) is 1.57. The van der Waals surface area contributed by atoms with Crippen LogP contribution in [0.3, 0.4) is 0 Å². The summed E-state index contributed by atoms with van der Waals surface area (Å²) in [6.45, 7) is 5.63. The molecule has 2 N–H and O–H groups in total. The number of rotatable bonds is 9. The molecular weight excluding hydrogens is 588 g/mol. The molecule has 238 valence electrons. The summed E-state index contributed by atoms with van der Waals surface area (Å²) in [4.78, 5) is 27.4. The number of carbonyl (C=O) groups excluding carboxylic acids is 2. The Morgan fingerprint density at radius 1 is 0.745 bits per heavy atom. The average molecular weight is 627 g/mol. The summed E-state index contributed by atoms with van der Waals surface area (Å²) < 4.78 is 12.2. The second kappa shape index (κ2) is 14.3. The molecule has 5 aromatic rings. The SMILES string of the molecule is Cc1ccc(C(=O)N2CCC(Oc3ccc(COc4ccc(-c5ccc(C(=O)Nc6ccc(C)c(O)c6)cc5)cc4)cc3)CC2)cc1. The predicted molar refractivity (Wildman–Crippen MR) is 184 cm³/mol. The van der Waals surface area contributed by atoms with E-state index in [0.29, 0.717) is 30.9 Å². The molecule has 0 unspecified atom stereocenters. The van der Waals surface area contributed by atoms with Gasteiger partial charge in [-0.25, -0.2) is 0 Å². The second-order valence-electron chi connectivity index (χ2n) is 12.0. The lowest BCUT2D eigenvalue weighted by Gasteiger charge is -2.32. The number of anilines is 1. The fourth-order valence-electron chi connectivity index (χ4n) is 5.53. The van der Waals surface area contributed by atoms with E-state index in [0.717, 1.165) is 57.7 Å². The third-order valence-corrected chi connectivity index (χ3v) is 8.46. The van der Waals surface area contributed by atoms with Crippen molar-refractivity contribution >= 4 is 17.5 Å². The maximum Gasteiger partial charge on any atom is 0.255 e. The number of phenols is 1. The number of phenolic OH excluding ortho intramolecular Hbond substituents is 1. The van der Waals surface area contributed by atoms with Crippen molar-refractivity contribution in [1.29, 1.82) is 0 Å². The van der Waals surface area contributed by atoms with Gasteiger partial charge in [-0.1, -0.05) is 60.2 Å². The Morgan fingerprint density at radius 3 is 1.98 bits per heavy atom. The van der Waals surface area contributed by atoms with Gasteiger partial charge in [0.2, 0.25) is 0 Å². The number of aromatic hydroxyl groups is 1. The molecule has 1 saturated heterocycles. The Hall–Kier alpha value is -5.56. The van der Waals surface area contributed by atoms with E-state index in [4.69, 9.17) is 9.47 Å². The van der Waals surface area contributed by atoms with Crippen molar-refractivity contribution < 1.29 is 24.2 Å². The van der Waals surface area contributed by atoms with Crippen LogP contribution in [0.4, 0.5) is 5.69 Å². The molecule has 6 rings (SSSR count). The highest BCUT2D eigenvalue weighted by molar-refractivity contribution is 6.04. The summed E-state index contributed by atoms with van der Waals surface area (Å²) in [5.41, 5.74) is 6.74. The zero-order chi connectivity index (χ0) is 32.8. The van der Waals surface area contributed by atoms with Gasteiger partial charge in [-0.2, -0.15) is 0 Å². The van der Waals surface area contributed by atoms with E-state index in [1.54, 1.807) is 37.3 Å². The average Bonchev–Trinajstić information content (AvgIpc) is 3.10. The fraction of sp³-hybridized carbons (Fsp3) is 0.200. The number of amides is 2. The minimum atomic E-state index is -0.240. The first kappa shape index (κ1) is 31.4. The van der Waals surface area contributed by atoms with Crippen molar-refractivity contribution in [2.45, 2.75) is 39.4 Å². The van der Waals surface area contributed by atoms with Crippen molar-refractivity contribution in [3.63, 3.8) is 0 Å². The first-order valence-electron chi connectivity index (χ1n) is 15.9. The number of piperidine rings is 1. The van der Waals surface area contributed by atoms with Gasteiger partial charge in [0, 0.05) is 48.8 Å². The van der Waals surface area contributed by atoms with Crippen LogP contribution in [0.5, 0.6) is 17.2 Å². The number of hydrogen-bond donors (Lipinski definition) is 2. The monoisotopic (exact) mass is 626 g/mol. The lowest BCUT2D eigenvalue weighted by Crippen LogP contribution is -2.41. The highest BCUT2D eigenvalue weighted by atomic mass is 16.5. The molecule has 0 atom stereocenters. The van der Waals surface area contributed by atoms with Crippen LogP contribution in [-0.2, 0) is 6.61 Å². The number of hydrogen-bond acceptors (Lipinski definition) is 5. The number of carbonyl (C=O) groups is 2. The summed E-state index contributed by atoms with van der Waals surface area (Å²) in [6, 6.07) is 36.0. The van der Waals surface area contributed by atoms with E-state index in [9.17, 15) is 14.7 Å². The summed E-state index contributed by atoms with van der Waals surface area (Å²) >= 11 is 0. The van der Waals surface area contributed by atoms with E-state index in [1.165, 1.54) is 0 Å². The van der Waals surface area contributed by atoms with Crippen molar-refractivity contribution in [2.75, 3.05) is 18.4 Å². The molecule has 7 nitrogen and oxygen atoms in total. The molecule has 5 aromatic carbocycles. The Labute approximate surface area is 275 Å². The van der Waals surface area contributed by atoms with Gasteiger partial charge in [0.15, 0.2) is 0 Å². The van der Waals surface area contributed by atoms with Crippen LogP contribution < -0.4 is 14.8 Å². The molecule has 0 aromatic heterocycles. The first-order chi connectivity index (χ1) is 22.8. The molecule has 47 heavy (non-hydrogen) atoms. The third kappa shape index (κ3) is 8.00. The normalized spacial score (nSPS) is 13.2. The molecule has 2 amide bonds. The number of ether oxygens (including phenoxy) is 2. The van der Waals surface area contributed by atoms with Crippen LogP contribution in [0.1, 0.15) is 50.2 Å². The molecule has 0 spiro atoms. The Kier molecular flexibility index (Phi) is 9.53. The van der Waals surface area contributed by atoms with Gasteiger partial charge in [-0.3, -0.25) is 9.59 Å². The molecule has 0 radical (unpaired) electrons. The number of aryl methyl sites for hydroxylation is 2. The summed E-state index contributed by atoms with van der Waals surface area (Å²) in [7, 11) is 0. The maximum absolute atomic E-state index is 12.8. The number of nitrogens with zero attached hydrogens (tertiary/aromatic N) is 1. The minimum absolute atomic E-state index is 0.0834. The zero-order valence-corrected chi connectivity index (χ0v) is 26.6. The largest absolute Gasteiger partial charge is 0.508 e. The van der Waals surface area contributed by atoms with Gasteiger partial charge in [-0.05, 0) is 90.7 Å². The standard InChI is InChI=1S/C40H38N2O5/c1-27-3-8-33(9-4-27)40(45)42-23-21-37(22-24-42)47-36-17-6-29(7-18-36)26-46-35-19-14-31(15-20-35)30-10-12-32(13-11-30)39(44)41-34-16-5-28(2)38(43)25-34/h3-20,25,37,43H,21-24,26H2,1-2H3,(H,41,44). The molecule has 1 aliphatic rings. The van der Waals surface area contributed by atoms with E-state index in [-0.39, 0.29) is 23.7 Å². The van der Waals surface area contributed by atoms with Gasteiger partial charge in [-0.15, -0.1) is 0 Å². The van der Waals surface area contributed by atoms with Crippen molar-refractivity contribution in [2.24, 2.45) is 0 Å². The number of nitrogens with one attached hydrogen (secondary N) is 1. The molecule has 1 fully saturated rings. The molecule has 7 heteroatoms. The Balaban J connectivity index is 0.951. The van der Waals surface area contributed by atoms with E-state index >= 15 is 0 Å². The maximum atomic E-state index is 12.8. The smallest absolute Gasteiger partial charge is 0.255 e. The van der Waals surface area contributed by atoms with Gasteiger partial charge in [0.1, 0.15) is 30.0 Å². The van der Waals surface area contributed by atoms with Crippen molar-refractivity contribution in [3.05, 3.63) is 143 Å². The van der Waals surface area contributed by atoms with Crippen molar-refractivity contribution in [1.82, 2.24) is 4.90 Å². The van der Waals surface area contributed by atoms with Crippen molar-refractivity contribution in [3.8, 4) is 28.4 Å². The highest BCUT2D eigenvalue weighted by Crippen LogP contribution is 2.26. The molecule has 1 heterocycles. The van der Waals surface area contributed by atoms with E-state index in [1.807, 2.05) is 96.8 Å². The number of likely N-dealkylation sites (tertiary alicyclic amines) is 1. The summed E-state index contributed by atoms with van der Waals surface area (Å²) in [5, 5.41) is 12.7. The van der Waals surface area contributed by atoms with Gasteiger partial charge in [0.25, 0.3) is 11.8 Å². The van der Waals surface area contributed by atoms with Crippen LogP contribution in [0, 0.1) is 13.8 Å². The van der Waals surface area contributed by atoms with Crippen LogP contribution in [0.2, 0.25) is 0 Å². The zero-order valence-electron chi connectivity index (χ0n) is 26.6. The first-order valence-corrected chi connectivity index (χ1v) is 15.9. The van der Waals surface area contributed by atoms with Gasteiger partial charge in [0.05, 0.1) is 0 Å². The Bertz CT molecular complexity index is 1820. The lowest BCUT2D eigenvalue weighted by atomic mass is 10.0. The topological polar surface area (TPSA) is 88.1 Å². The van der Waals surface area contributed by atoms with E-state index < -0.39 is 0 Å². The van der Waals surface area contributed by atoms with E-state index in [2.05, 4.69) is 5.32 Å². The van der Waals surface area contributed by atoms with Gasteiger partial charge < -0.3 is 24.8 Å². The quantitative estimate of drug-likeness (QED) is 0.172. The lowest BCUT2D eigenvalue weighted by molar-refractivity contribution is 0.0595. The Morgan fingerprint density at radius 2 is 1.34 bits per heavy atom. The van der Waals surface area contributed by atoms with Gasteiger partial charge >= 0.3 is 0 Å².